The minimum Gasteiger partial charge on any atom is -0.489 e. The number of hydrogen-bond donors (Lipinski definition) is 1. The van der Waals surface area contributed by atoms with Crippen LogP contribution in [0.25, 0.3) is 11.1 Å². The summed E-state index contributed by atoms with van der Waals surface area (Å²) in [6, 6.07) is 36.8. The zero-order valence-corrected chi connectivity index (χ0v) is 26.3. The van der Waals surface area contributed by atoms with Gasteiger partial charge in [0.2, 0.25) is 0 Å². The maximum Gasteiger partial charge on any atom is 0.407 e. The van der Waals surface area contributed by atoms with Gasteiger partial charge >= 0.3 is 12.1 Å². The Bertz CT molecular complexity index is 1810. The normalized spacial score (nSPS) is 13.2. The van der Waals surface area contributed by atoms with E-state index in [1.807, 2.05) is 97.9 Å². The maximum absolute atomic E-state index is 15.2. The Kier molecular flexibility index (Phi) is 9.62. The first-order valence-corrected chi connectivity index (χ1v) is 15.7. The van der Waals surface area contributed by atoms with Gasteiger partial charge in [-0.25, -0.2) is 14.0 Å². The van der Waals surface area contributed by atoms with Crippen LogP contribution in [0.15, 0.2) is 121 Å². The summed E-state index contributed by atoms with van der Waals surface area (Å²) in [5.74, 6) is -1.02. The van der Waals surface area contributed by atoms with Crippen LogP contribution in [0.5, 0.6) is 5.75 Å². The molecule has 0 fully saturated rings. The number of halogens is 1. The Morgan fingerprint density at radius 3 is 2.09 bits per heavy atom. The fourth-order valence-electron chi connectivity index (χ4n) is 5.92. The number of nitrogens with one attached hydrogen (secondary N) is 1. The number of hydrogen-bond acceptors (Lipinski definition) is 5. The summed E-state index contributed by atoms with van der Waals surface area (Å²) in [5.41, 5.74) is 7.55. The first-order chi connectivity index (χ1) is 22.9. The van der Waals surface area contributed by atoms with Crippen molar-refractivity contribution in [3.63, 3.8) is 0 Å². The van der Waals surface area contributed by atoms with Crippen LogP contribution in [0, 0.1) is 12.7 Å². The molecule has 238 valence electrons. The van der Waals surface area contributed by atoms with Crippen molar-refractivity contribution in [2.45, 2.75) is 44.9 Å². The van der Waals surface area contributed by atoms with Crippen LogP contribution >= 0.6 is 0 Å². The van der Waals surface area contributed by atoms with Gasteiger partial charge < -0.3 is 19.5 Å². The number of benzene rings is 5. The topological polar surface area (TPSA) is 73.9 Å². The van der Waals surface area contributed by atoms with Gasteiger partial charge in [-0.15, -0.1) is 0 Å². The molecule has 0 radical (unpaired) electrons. The van der Waals surface area contributed by atoms with E-state index in [0.717, 1.165) is 38.9 Å². The number of aryl methyl sites for hydroxylation is 1. The van der Waals surface area contributed by atoms with E-state index >= 15 is 4.39 Å². The van der Waals surface area contributed by atoms with E-state index in [-0.39, 0.29) is 24.5 Å². The standard InChI is InChI=1S/C40H36FNO5/c1-26-16-18-29(19-17-26)24-45-30-20-21-31(37(41)23-30)27(2)47-39(43)38(22-28-10-4-3-5-11-28)42-40(44)46-25-36-34-14-8-6-12-32(34)33-13-7-9-15-35(33)36/h3-21,23,27,36,38H,22,24-25H2,1-2H3,(H,42,44). The smallest absolute Gasteiger partial charge is 0.407 e. The van der Waals surface area contributed by atoms with Crippen molar-refractivity contribution >= 4 is 12.1 Å². The van der Waals surface area contributed by atoms with Crippen molar-refractivity contribution in [3.05, 3.63) is 161 Å². The van der Waals surface area contributed by atoms with E-state index < -0.39 is 30.0 Å². The van der Waals surface area contributed by atoms with E-state index in [0.29, 0.717) is 12.4 Å². The van der Waals surface area contributed by atoms with Crippen LogP contribution < -0.4 is 10.1 Å². The SMILES string of the molecule is Cc1ccc(COc2ccc(C(C)OC(=O)C(Cc3ccccc3)NC(=O)OCC3c4ccccc4-c4ccccc43)c(F)c2)cc1. The summed E-state index contributed by atoms with van der Waals surface area (Å²) in [4.78, 5) is 26.6. The molecular formula is C40H36FNO5. The van der Waals surface area contributed by atoms with Crippen molar-refractivity contribution in [3.8, 4) is 16.9 Å². The lowest BCUT2D eigenvalue weighted by Crippen LogP contribution is -2.44. The summed E-state index contributed by atoms with van der Waals surface area (Å²) in [6.45, 7) is 4.00. The Morgan fingerprint density at radius 1 is 0.787 bits per heavy atom. The first kappa shape index (κ1) is 31.5. The highest BCUT2D eigenvalue weighted by atomic mass is 19.1. The lowest BCUT2D eigenvalue weighted by molar-refractivity contribution is -0.151. The lowest BCUT2D eigenvalue weighted by atomic mass is 9.98. The average molecular weight is 630 g/mol. The number of esters is 1. The molecule has 0 saturated heterocycles. The maximum atomic E-state index is 15.2. The van der Waals surface area contributed by atoms with Gasteiger partial charge in [0.05, 0.1) is 0 Å². The number of ether oxygens (including phenoxy) is 3. The summed E-state index contributed by atoms with van der Waals surface area (Å²) in [7, 11) is 0. The second-order valence-corrected chi connectivity index (χ2v) is 11.7. The quantitative estimate of drug-likeness (QED) is 0.148. The number of rotatable bonds is 11. The van der Waals surface area contributed by atoms with Crippen LogP contribution in [-0.4, -0.2) is 24.7 Å². The van der Waals surface area contributed by atoms with Crippen LogP contribution in [0.3, 0.4) is 0 Å². The molecule has 1 amide bonds. The molecule has 47 heavy (non-hydrogen) atoms. The third kappa shape index (κ3) is 7.52. The molecule has 0 spiro atoms. The molecule has 0 aromatic heterocycles. The zero-order valence-electron chi connectivity index (χ0n) is 26.3. The number of amides is 1. The molecule has 5 aromatic carbocycles. The second-order valence-electron chi connectivity index (χ2n) is 11.7. The molecule has 2 atom stereocenters. The number of fused-ring (bicyclic) bond motifs is 3. The van der Waals surface area contributed by atoms with E-state index in [4.69, 9.17) is 14.2 Å². The van der Waals surface area contributed by atoms with Gasteiger partial charge in [-0.3, -0.25) is 0 Å². The van der Waals surface area contributed by atoms with Gasteiger partial charge in [-0.1, -0.05) is 109 Å². The minimum atomic E-state index is -1.06. The second kappa shape index (κ2) is 14.3. The largest absolute Gasteiger partial charge is 0.489 e. The Hall–Kier alpha value is -5.43. The average Bonchev–Trinajstić information content (AvgIpc) is 3.40. The van der Waals surface area contributed by atoms with Crippen molar-refractivity contribution in [2.24, 2.45) is 0 Å². The van der Waals surface area contributed by atoms with Gasteiger partial charge in [-0.05, 0) is 59.4 Å². The highest BCUT2D eigenvalue weighted by Crippen LogP contribution is 2.44. The molecule has 7 heteroatoms. The predicted molar refractivity (Wildman–Crippen MR) is 179 cm³/mol. The Morgan fingerprint density at radius 2 is 1.43 bits per heavy atom. The fourth-order valence-corrected chi connectivity index (χ4v) is 5.92. The molecule has 1 aliphatic rings. The monoisotopic (exact) mass is 629 g/mol. The van der Waals surface area contributed by atoms with E-state index in [1.54, 1.807) is 19.1 Å². The van der Waals surface area contributed by atoms with Crippen molar-refractivity contribution in [1.29, 1.82) is 0 Å². The highest BCUT2D eigenvalue weighted by molar-refractivity contribution is 5.82. The lowest BCUT2D eigenvalue weighted by Gasteiger charge is -2.22. The van der Waals surface area contributed by atoms with Crippen molar-refractivity contribution in [2.75, 3.05) is 6.61 Å². The van der Waals surface area contributed by atoms with Gasteiger partial charge in [0.15, 0.2) is 0 Å². The summed E-state index contributed by atoms with van der Waals surface area (Å²) >= 11 is 0. The molecule has 0 heterocycles. The molecule has 6 nitrogen and oxygen atoms in total. The fraction of sp³-hybridized carbons (Fsp3) is 0.200. The Labute approximate surface area is 274 Å². The zero-order chi connectivity index (χ0) is 32.8. The molecule has 2 unspecified atom stereocenters. The molecule has 0 saturated carbocycles. The summed E-state index contributed by atoms with van der Waals surface area (Å²) < 4.78 is 32.4. The van der Waals surface area contributed by atoms with Gasteiger partial charge in [0.1, 0.15) is 36.9 Å². The molecular weight excluding hydrogens is 593 g/mol. The molecule has 1 aliphatic carbocycles. The minimum absolute atomic E-state index is 0.104. The molecule has 1 N–H and O–H groups in total. The number of carbonyl (C=O) groups excluding carboxylic acids is 2. The van der Waals surface area contributed by atoms with Crippen LogP contribution in [-0.2, 0) is 27.3 Å². The molecule has 0 bridgehead atoms. The van der Waals surface area contributed by atoms with Crippen molar-refractivity contribution < 1.29 is 28.2 Å². The first-order valence-electron chi connectivity index (χ1n) is 15.7. The number of alkyl carbamates (subject to hydrolysis) is 1. The Balaban J connectivity index is 1.10. The third-order valence-electron chi connectivity index (χ3n) is 8.43. The van der Waals surface area contributed by atoms with E-state index in [2.05, 4.69) is 17.4 Å². The molecule has 6 rings (SSSR count). The predicted octanol–water partition coefficient (Wildman–Crippen LogP) is 8.47. The molecule has 5 aromatic rings. The van der Waals surface area contributed by atoms with Gasteiger partial charge in [-0.2, -0.15) is 0 Å². The van der Waals surface area contributed by atoms with Gasteiger partial charge in [0.25, 0.3) is 0 Å². The summed E-state index contributed by atoms with van der Waals surface area (Å²) in [6.07, 6.45) is -1.49. The summed E-state index contributed by atoms with van der Waals surface area (Å²) in [5, 5.41) is 2.70. The highest BCUT2D eigenvalue weighted by Gasteiger charge is 2.31. The van der Waals surface area contributed by atoms with E-state index in [9.17, 15) is 9.59 Å². The van der Waals surface area contributed by atoms with E-state index in [1.165, 1.54) is 6.07 Å². The van der Waals surface area contributed by atoms with Gasteiger partial charge in [0, 0.05) is 24.0 Å². The van der Waals surface area contributed by atoms with Crippen LogP contribution in [0.4, 0.5) is 9.18 Å². The molecule has 0 aliphatic heterocycles. The van der Waals surface area contributed by atoms with Crippen molar-refractivity contribution in [1.82, 2.24) is 5.32 Å². The van der Waals surface area contributed by atoms with Crippen LogP contribution in [0.2, 0.25) is 0 Å². The number of carbonyl (C=O) groups is 2. The van der Waals surface area contributed by atoms with Crippen LogP contribution in [0.1, 0.15) is 52.3 Å². The third-order valence-corrected chi connectivity index (χ3v) is 8.43.